The summed E-state index contributed by atoms with van der Waals surface area (Å²) in [7, 11) is 0. The van der Waals surface area contributed by atoms with E-state index in [1.165, 1.54) is 0 Å². The third-order valence-electron chi connectivity index (χ3n) is 1.67. The van der Waals surface area contributed by atoms with E-state index in [1.54, 1.807) is 12.1 Å². The molecule has 0 aromatic heterocycles. The number of carbonyl (C=O) groups excluding carboxylic acids is 1. The van der Waals surface area contributed by atoms with Crippen molar-refractivity contribution in [2.45, 2.75) is 13.3 Å². The van der Waals surface area contributed by atoms with Gasteiger partial charge in [0, 0.05) is 9.13 Å². The lowest BCUT2D eigenvalue weighted by atomic mass is 10.1. The van der Waals surface area contributed by atoms with Crippen LogP contribution < -0.4 is 5.11 Å². The second-order valence-corrected chi connectivity index (χ2v) is 3.69. The quantitative estimate of drug-likeness (QED) is 0.761. The Morgan fingerprint density at radius 2 is 2.25 bits per heavy atom. The predicted octanol–water partition coefficient (Wildman–Crippen LogP) is 1.22. The summed E-state index contributed by atoms with van der Waals surface area (Å²) >= 11 is 2.16. The number of benzene rings is 1. The fourth-order valence-electron chi connectivity index (χ4n) is 1.05. The van der Waals surface area contributed by atoms with Gasteiger partial charge in [0.05, 0.1) is 5.97 Å². The van der Waals surface area contributed by atoms with Crippen molar-refractivity contribution in [3.63, 3.8) is 0 Å². The average molecular weight is 275 g/mol. The van der Waals surface area contributed by atoms with Crippen molar-refractivity contribution in [1.82, 2.24) is 0 Å². The molecule has 64 valence electrons. The highest BCUT2D eigenvalue weighted by Crippen LogP contribution is 2.13. The van der Waals surface area contributed by atoms with Gasteiger partial charge in [-0.2, -0.15) is 0 Å². The lowest BCUT2D eigenvalue weighted by molar-refractivity contribution is -0.255. The molecule has 0 unspecified atom stereocenters. The zero-order valence-corrected chi connectivity index (χ0v) is 8.79. The van der Waals surface area contributed by atoms with E-state index in [9.17, 15) is 9.90 Å². The van der Waals surface area contributed by atoms with E-state index >= 15 is 0 Å². The van der Waals surface area contributed by atoms with Crippen LogP contribution in [0.4, 0.5) is 0 Å². The Bertz CT molecular complexity index is 307. The van der Waals surface area contributed by atoms with Gasteiger partial charge in [-0.05, 0) is 46.7 Å². The molecule has 0 fully saturated rings. The Morgan fingerprint density at radius 1 is 1.58 bits per heavy atom. The van der Waals surface area contributed by atoms with Crippen LogP contribution in [0.1, 0.15) is 22.8 Å². The van der Waals surface area contributed by atoms with E-state index in [-0.39, 0.29) is 0 Å². The minimum absolute atomic E-state index is 0.304. The maximum Gasteiger partial charge on any atom is 0.0718 e. The fraction of sp³-hybridized carbons (Fsp3) is 0.222. The number of carboxylic acids is 1. The van der Waals surface area contributed by atoms with Crippen molar-refractivity contribution in [3.05, 3.63) is 32.9 Å². The Kier molecular flexibility index (Phi) is 3.08. The maximum absolute atomic E-state index is 10.6. The van der Waals surface area contributed by atoms with E-state index in [0.717, 1.165) is 15.6 Å². The van der Waals surface area contributed by atoms with Crippen molar-refractivity contribution < 1.29 is 9.90 Å². The van der Waals surface area contributed by atoms with Crippen molar-refractivity contribution in [2.24, 2.45) is 0 Å². The van der Waals surface area contributed by atoms with Gasteiger partial charge < -0.3 is 9.90 Å². The van der Waals surface area contributed by atoms with Crippen molar-refractivity contribution in [2.75, 3.05) is 0 Å². The highest BCUT2D eigenvalue weighted by molar-refractivity contribution is 14.1. The number of hydrogen-bond donors (Lipinski definition) is 0. The Labute approximate surface area is 84.7 Å². The maximum atomic E-state index is 10.6. The van der Waals surface area contributed by atoms with Gasteiger partial charge in [0.2, 0.25) is 0 Å². The molecule has 3 heteroatoms. The highest BCUT2D eigenvalue weighted by atomic mass is 127. The Hall–Kier alpha value is -0.580. The summed E-state index contributed by atoms with van der Waals surface area (Å²) < 4.78 is 1.05. The number of halogens is 1. The van der Waals surface area contributed by atoms with Gasteiger partial charge in [-0.3, -0.25) is 0 Å². The molecule has 0 amide bonds. The largest absolute Gasteiger partial charge is 0.545 e. The minimum atomic E-state index is -1.09. The van der Waals surface area contributed by atoms with Crippen LogP contribution in [0, 0.1) is 3.57 Å². The molecule has 0 spiro atoms. The molecule has 0 bridgehead atoms. The van der Waals surface area contributed by atoms with Crippen LogP contribution in [0.15, 0.2) is 18.2 Å². The first-order valence-corrected chi connectivity index (χ1v) is 4.72. The fourth-order valence-corrected chi connectivity index (χ4v) is 1.61. The van der Waals surface area contributed by atoms with Gasteiger partial charge in [-0.1, -0.05) is 13.0 Å². The van der Waals surface area contributed by atoms with E-state index < -0.39 is 5.97 Å². The summed E-state index contributed by atoms with van der Waals surface area (Å²) in [4.78, 5) is 10.6. The summed E-state index contributed by atoms with van der Waals surface area (Å²) in [5.41, 5.74) is 1.14. The summed E-state index contributed by atoms with van der Waals surface area (Å²) in [6, 6.07) is 5.23. The van der Waals surface area contributed by atoms with Crippen molar-refractivity contribution in [1.29, 1.82) is 0 Å². The topological polar surface area (TPSA) is 40.1 Å². The molecule has 0 aliphatic heterocycles. The number of rotatable bonds is 2. The van der Waals surface area contributed by atoms with Gasteiger partial charge in [0.25, 0.3) is 0 Å². The van der Waals surface area contributed by atoms with Crippen LogP contribution in [0.3, 0.4) is 0 Å². The summed E-state index contributed by atoms with van der Waals surface area (Å²) in [6.45, 7) is 1.93. The molecule has 1 rings (SSSR count). The van der Waals surface area contributed by atoms with E-state index in [0.29, 0.717) is 5.56 Å². The molecule has 0 aliphatic carbocycles. The van der Waals surface area contributed by atoms with Gasteiger partial charge >= 0.3 is 0 Å². The second-order valence-electron chi connectivity index (χ2n) is 2.44. The normalized spacial score (nSPS) is 9.83. The second kappa shape index (κ2) is 3.89. The Balaban J connectivity index is 3.20. The molecule has 0 radical (unpaired) electrons. The minimum Gasteiger partial charge on any atom is -0.545 e. The number of aromatic carboxylic acids is 1. The van der Waals surface area contributed by atoms with Gasteiger partial charge in [0.1, 0.15) is 0 Å². The first-order chi connectivity index (χ1) is 5.65. The number of hydrogen-bond acceptors (Lipinski definition) is 2. The van der Waals surface area contributed by atoms with Crippen LogP contribution in [-0.4, -0.2) is 5.97 Å². The average Bonchev–Trinajstić information content (AvgIpc) is 2.03. The first-order valence-electron chi connectivity index (χ1n) is 3.65. The van der Waals surface area contributed by atoms with Gasteiger partial charge in [0.15, 0.2) is 0 Å². The van der Waals surface area contributed by atoms with Crippen LogP contribution in [0.2, 0.25) is 0 Å². The Morgan fingerprint density at radius 3 is 2.75 bits per heavy atom. The molecular weight excluding hydrogens is 267 g/mol. The van der Waals surface area contributed by atoms with Crippen LogP contribution in [0.5, 0.6) is 0 Å². The zero-order valence-electron chi connectivity index (χ0n) is 6.63. The zero-order chi connectivity index (χ0) is 9.14. The summed E-state index contributed by atoms with van der Waals surface area (Å²) in [6.07, 6.45) is 0.722. The van der Waals surface area contributed by atoms with Crippen LogP contribution in [0.25, 0.3) is 0 Å². The van der Waals surface area contributed by atoms with Gasteiger partial charge in [-0.25, -0.2) is 0 Å². The third kappa shape index (κ3) is 1.97. The molecule has 0 saturated heterocycles. The standard InChI is InChI=1S/C9H9IO2/c1-2-6-5-7(10)3-4-8(6)9(11)12/h3-5H,2H2,1H3,(H,11,12)/p-1. The van der Waals surface area contributed by atoms with Gasteiger partial charge in [-0.15, -0.1) is 0 Å². The molecule has 2 nitrogen and oxygen atoms in total. The van der Waals surface area contributed by atoms with Crippen LogP contribution >= 0.6 is 22.6 Å². The highest BCUT2D eigenvalue weighted by Gasteiger charge is 2.01. The number of carbonyl (C=O) groups is 1. The molecule has 0 aliphatic rings. The van der Waals surface area contributed by atoms with Crippen LogP contribution in [-0.2, 0) is 6.42 Å². The first kappa shape index (κ1) is 9.51. The molecule has 12 heavy (non-hydrogen) atoms. The molecule has 1 aromatic carbocycles. The lowest BCUT2D eigenvalue weighted by Gasteiger charge is -2.08. The molecule has 0 N–H and O–H groups in total. The summed E-state index contributed by atoms with van der Waals surface area (Å²) in [5.74, 6) is -1.09. The lowest BCUT2D eigenvalue weighted by Crippen LogP contribution is -2.23. The molecule has 0 heterocycles. The number of carboxylic acid groups (broad SMARTS) is 1. The van der Waals surface area contributed by atoms with E-state index in [4.69, 9.17) is 0 Å². The van der Waals surface area contributed by atoms with Crippen molar-refractivity contribution >= 4 is 28.6 Å². The summed E-state index contributed by atoms with van der Waals surface area (Å²) in [5, 5.41) is 10.6. The SMILES string of the molecule is CCc1cc(I)ccc1C(=O)[O-]. The van der Waals surface area contributed by atoms with Crippen molar-refractivity contribution in [3.8, 4) is 0 Å². The monoisotopic (exact) mass is 275 g/mol. The van der Waals surface area contributed by atoms with E-state index in [1.807, 2.05) is 13.0 Å². The third-order valence-corrected chi connectivity index (χ3v) is 2.34. The molecule has 0 atom stereocenters. The molecule has 0 saturated carbocycles. The molecular formula is C9H8IO2-. The number of aryl methyl sites for hydroxylation is 1. The molecule has 1 aromatic rings. The smallest absolute Gasteiger partial charge is 0.0718 e. The predicted molar refractivity (Wildman–Crippen MR) is 52.9 cm³/mol. The van der Waals surface area contributed by atoms with E-state index in [2.05, 4.69) is 22.6 Å².